The third-order valence-electron chi connectivity index (χ3n) is 5.06. The third kappa shape index (κ3) is 4.59. The number of amides is 1. The molecule has 5 heteroatoms. The maximum absolute atomic E-state index is 13.2. The molecule has 0 aliphatic carbocycles. The Kier molecular flexibility index (Phi) is 5.70. The van der Waals surface area contributed by atoms with Crippen LogP contribution in [-0.4, -0.2) is 41.8 Å². The van der Waals surface area contributed by atoms with E-state index in [9.17, 15) is 9.59 Å². The van der Waals surface area contributed by atoms with Gasteiger partial charge in [-0.3, -0.25) is 4.79 Å². The van der Waals surface area contributed by atoms with Crippen molar-refractivity contribution in [3.05, 3.63) is 42.0 Å². The predicted octanol–water partition coefficient (Wildman–Crippen LogP) is 3.64. The molecule has 0 saturated carbocycles. The molecule has 0 unspecified atom stereocenters. The monoisotopic (exact) mass is 371 g/mol. The summed E-state index contributed by atoms with van der Waals surface area (Å²) >= 11 is 0. The standard InChI is InChI=1S/C22H29NO4/c1-15(2)14-18(19-21(25)27-22(3,4)26-19)20(24)23-12-10-17(11-13-23)16-8-6-5-7-9-16/h5-10,15,18-19H,11-14H2,1-4H3/t18-,19+/m0/s1. The fraction of sp³-hybridized carbons (Fsp3) is 0.545. The van der Waals surface area contributed by atoms with Crippen LogP contribution >= 0.6 is 0 Å². The minimum atomic E-state index is -0.973. The zero-order valence-corrected chi connectivity index (χ0v) is 16.6. The van der Waals surface area contributed by atoms with E-state index in [-0.39, 0.29) is 11.8 Å². The predicted molar refractivity (Wildman–Crippen MR) is 104 cm³/mol. The van der Waals surface area contributed by atoms with Crippen molar-refractivity contribution in [2.75, 3.05) is 13.1 Å². The van der Waals surface area contributed by atoms with Gasteiger partial charge in [-0.1, -0.05) is 50.3 Å². The highest BCUT2D eigenvalue weighted by atomic mass is 16.8. The van der Waals surface area contributed by atoms with E-state index in [0.717, 1.165) is 6.42 Å². The minimum absolute atomic E-state index is 0.0216. The van der Waals surface area contributed by atoms with E-state index in [0.29, 0.717) is 19.5 Å². The molecule has 2 aliphatic rings. The highest BCUT2D eigenvalue weighted by Crippen LogP contribution is 2.33. The fourth-order valence-corrected chi connectivity index (χ4v) is 3.80. The second-order valence-corrected chi connectivity index (χ2v) is 8.23. The van der Waals surface area contributed by atoms with Gasteiger partial charge in [-0.05, 0) is 29.9 Å². The first-order chi connectivity index (χ1) is 12.8. The minimum Gasteiger partial charge on any atom is -0.432 e. The van der Waals surface area contributed by atoms with Crippen molar-refractivity contribution < 1.29 is 19.1 Å². The molecule has 1 fully saturated rings. The first-order valence-electron chi connectivity index (χ1n) is 9.71. The molecule has 0 N–H and O–H groups in total. The van der Waals surface area contributed by atoms with Gasteiger partial charge in [0.1, 0.15) is 0 Å². The van der Waals surface area contributed by atoms with Gasteiger partial charge >= 0.3 is 5.97 Å². The molecule has 0 bridgehead atoms. The van der Waals surface area contributed by atoms with Gasteiger partial charge in [0, 0.05) is 26.9 Å². The van der Waals surface area contributed by atoms with Crippen molar-refractivity contribution in [1.82, 2.24) is 4.90 Å². The Balaban J connectivity index is 1.74. The SMILES string of the molecule is CC(C)C[C@H](C(=O)N1CC=C(c2ccccc2)CC1)[C@H]1OC(C)(C)OC1=O. The maximum Gasteiger partial charge on any atom is 0.338 e. The van der Waals surface area contributed by atoms with Crippen molar-refractivity contribution in [2.45, 2.75) is 52.4 Å². The van der Waals surface area contributed by atoms with E-state index in [4.69, 9.17) is 9.47 Å². The highest BCUT2D eigenvalue weighted by Gasteiger charge is 2.48. The van der Waals surface area contributed by atoms with Crippen LogP contribution in [0.2, 0.25) is 0 Å². The average molecular weight is 371 g/mol. The van der Waals surface area contributed by atoms with E-state index >= 15 is 0 Å². The Hall–Kier alpha value is -2.14. The number of nitrogens with zero attached hydrogens (tertiary/aromatic N) is 1. The lowest BCUT2D eigenvalue weighted by atomic mass is 9.89. The van der Waals surface area contributed by atoms with Crippen molar-refractivity contribution in [2.24, 2.45) is 11.8 Å². The molecule has 0 aromatic heterocycles. The number of esters is 1. The Bertz CT molecular complexity index is 723. The molecule has 0 spiro atoms. The van der Waals surface area contributed by atoms with Gasteiger partial charge in [0.2, 0.25) is 11.7 Å². The van der Waals surface area contributed by atoms with E-state index in [1.165, 1.54) is 11.1 Å². The molecule has 5 nitrogen and oxygen atoms in total. The number of benzene rings is 1. The van der Waals surface area contributed by atoms with Crippen LogP contribution in [-0.2, 0) is 19.1 Å². The van der Waals surface area contributed by atoms with Crippen molar-refractivity contribution in [1.29, 1.82) is 0 Å². The molecule has 2 atom stereocenters. The summed E-state index contributed by atoms with van der Waals surface area (Å²) < 4.78 is 11.1. The van der Waals surface area contributed by atoms with Crippen LogP contribution < -0.4 is 0 Å². The number of rotatable bonds is 5. The van der Waals surface area contributed by atoms with Crippen LogP contribution in [0.15, 0.2) is 36.4 Å². The van der Waals surface area contributed by atoms with E-state index < -0.39 is 23.8 Å². The molecule has 1 amide bonds. The third-order valence-corrected chi connectivity index (χ3v) is 5.06. The smallest absolute Gasteiger partial charge is 0.338 e. The summed E-state index contributed by atoms with van der Waals surface area (Å²) in [4.78, 5) is 27.4. The molecule has 1 aromatic rings. The Labute approximate surface area is 161 Å². The van der Waals surface area contributed by atoms with E-state index in [1.807, 2.05) is 23.1 Å². The van der Waals surface area contributed by atoms with Gasteiger partial charge in [-0.15, -0.1) is 0 Å². The van der Waals surface area contributed by atoms with Gasteiger partial charge in [0.15, 0.2) is 6.10 Å². The van der Waals surface area contributed by atoms with Gasteiger partial charge in [0.05, 0.1) is 5.92 Å². The van der Waals surface area contributed by atoms with E-state index in [2.05, 4.69) is 32.1 Å². The van der Waals surface area contributed by atoms with Crippen LogP contribution in [0.25, 0.3) is 5.57 Å². The molecular weight excluding hydrogens is 342 g/mol. The first kappa shape index (κ1) is 19.6. The van der Waals surface area contributed by atoms with Crippen LogP contribution in [0.1, 0.15) is 46.1 Å². The summed E-state index contributed by atoms with van der Waals surface area (Å²) in [6, 6.07) is 10.2. The normalized spacial score (nSPS) is 23.1. The van der Waals surface area contributed by atoms with Crippen LogP contribution in [0.3, 0.4) is 0 Å². The van der Waals surface area contributed by atoms with Gasteiger partial charge in [0.25, 0.3) is 0 Å². The van der Waals surface area contributed by atoms with Crippen molar-refractivity contribution in [3.8, 4) is 0 Å². The Morgan fingerprint density at radius 1 is 1.26 bits per heavy atom. The topological polar surface area (TPSA) is 55.8 Å². The quantitative estimate of drug-likeness (QED) is 0.742. The Morgan fingerprint density at radius 2 is 1.96 bits per heavy atom. The molecule has 0 radical (unpaired) electrons. The molecular formula is C22H29NO4. The lowest BCUT2D eigenvalue weighted by Gasteiger charge is -2.32. The van der Waals surface area contributed by atoms with Crippen LogP contribution in [0.4, 0.5) is 0 Å². The summed E-state index contributed by atoms with van der Waals surface area (Å²) in [5.74, 6) is -1.66. The number of carbonyl (C=O) groups is 2. The zero-order valence-electron chi connectivity index (χ0n) is 16.6. The van der Waals surface area contributed by atoms with Crippen molar-refractivity contribution in [3.63, 3.8) is 0 Å². The summed E-state index contributed by atoms with van der Waals surface area (Å²) in [5.41, 5.74) is 2.46. The maximum atomic E-state index is 13.2. The first-order valence-corrected chi connectivity index (χ1v) is 9.71. The van der Waals surface area contributed by atoms with E-state index in [1.54, 1.807) is 13.8 Å². The summed E-state index contributed by atoms with van der Waals surface area (Å²) in [6.45, 7) is 8.72. The largest absolute Gasteiger partial charge is 0.432 e. The lowest BCUT2D eigenvalue weighted by Crippen LogP contribution is -2.45. The second-order valence-electron chi connectivity index (χ2n) is 8.23. The number of hydrogen-bond acceptors (Lipinski definition) is 4. The second kappa shape index (κ2) is 7.85. The lowest BCUT2D eigenvalue weighted by molar-refractivity contribution is -0.163. The Morgan fingerprint density at radius 3 is 2.48 bits per heavy atom. The number of hydrogen-bond donors (Lipinski definition) is 0. The molecule has 2 heterocycles. The molecule has 1 saturated heterocycles. The summed E-state index contributed by atoms with van der Waals surface area (Å²) in [5, 5.41) is 0. The average Bonchev–Trinajstić information content (AvgIpc) is 2.92. The number of cyclic esters (lactones) is 1. The number of carbonyl (C=O) groups excluding carboxylic acids is 2. The van der Waals surface area contributed by atoms with Gasteiger partial charge in [-0.2, -0.15) is 0 Å². The fourth-order valence-electron chi connectivity index (χ4n) is 3.80. The molecule has 1 aromatic carbocycles. The van der Waals surface area contributed by atoms with Gasteiger partial charge in [-0.25, -0.2) is 4.79 Å². The van der Waals surface area contributed by atoms with Crippen LogP contribution in [0.5, 0.6) is 0 Å². The summed E-state index contributed by atoms with van der Waals surface area (Å²) in [6.07, 6.45) is 2.70. The highest BCUT2D eigenvalue weighted by molar-refractivity contribution is 5.88. The number of ether oxygens (including phenoxy) is 2. The van der Waals surface area contributed by atoms with Gasteiger partial charge < -0.3 is 14.4 Å². The van der Waals surface area contributed by atoms with Crippen LogP contribution in [0, 0.1) is 11.8 Å². The molecule has 2 aliphatic heterocycles. The summed E-state index contributed by atoms with van der Waals surface area (Å²) in [7, 11) is 0. The van der Waals surface area contributed by atoms with Crippen molar-refractivity contribution >= 4 is 17.4 Å². The molecule has 27 heavy (non-hydrogen) atoms. The molecule has 146 valence electrons. The molecule has 3 rings (SSSR count). The zero-order chi connectivity index (χ0) is 19.6.